The van der Waals surface area contributed by atoms with Gasteiger partial charge in [-0.1, -0.05) is 12.2 Å². The van der Waals surface area contributed by atoms with Gasteiger partial charge in [0.25, 0.3) is 0 Å². The van der Waals surface area contributed by atoms with Crippen LogP contribution < -0.4 is 0 Å². The van der Waals surface area contributed by atoms with Crippen molar-refractivity contribution in [2.45, 2.75) is 55.3 Å². The van der Waals surface area contributed by atoms with Gasteiger partial charge >= 0.3 is 36.0 Å². The summed E-state index contributed by atoms with van der Waals surface area (Å²) in [5, 5.41) is 0. The SMILES string of the molecule is FC/C1=C(\C(F)(F)C(F)(F)C(F)(F)F)C(C(F)(F)C(F)(F)C(F)(F)F)C/C=C\CC1.[Pt]. The van der Waals surface area contributed by atoms with Crippen molar-refractivity contribution in [3.63, 3.8) is 0 Å². The summed E-state index contributed by atoms with van der Waals surface area (Å²) in [6.07, 6.45) is -16.8. The molecule has 0 radical (unpaired) electrons. The van der Waals surface area contributed by atoms with Crippen molar-refractivity contribution in [3.8, 4) is 0 Å². The van der Waals surface area contributed by atoms with E-state index < -0.39 is 79.0 Å². The van der Waals surface area contributed by atoms with Gasteiger partial charge in [0.2, 0.25) is 0 Å². The van der Waals surface area contributed by atoms with Crippen LogP contribution in [0.2, 0.25) is 0 Å². The van der Waals surface area contributed by atoms with Gasteiger partial charge in [-0.05, 0) is 24.8 Å². The van der Waals surface area contributed by atoms with E-state index in [1.165, 1.54) is 0 Å². The van der Waals surface area contributed by atoms with Crippen molar-refractivity contribution in [1.82, 2.24) is 0 Å². The second-order valence-corrected chi connectivity index (χ2v) is 6.29. The molecule has 0 fully saturated rings. The van der Waals surface area contributed by atoms with Crippen molar-refractivity contribution >= 4 is 0 Å². The van der Waals surface area contributed by atoms with Crippen LogP contribution >= 0.6 is 0 Å². The Morgan fingerprint density at radius 3 is 1.55 bits per heavy atom. The Kier molecular flexibility index (Phi) is 8.90. The Morgan fingerprint density at radius 1 is 0.710 bits per heavy atom. The number of alkyl halides is 15. The van der Waals surface area contributed by atoms with Gasteiger partial charge in [0, 0.05) is 26.6 Å². The first-order valence-electron chi connectivity index (χ1n) is 7.76. The maximum absolute atomic E-state index is 14.2. The molecule has 1 aliphatic carbocycles. The van der Waals surface area contributed by atoms with E-state index in [0.29, 0.717) is 6.08 Å². The zero-order valence-electron chi connectivity index (χ0n) is 14.5. The van der Waals surface area contributed by atoms with Gasteiger partial charge in [-0.2, -0.15) is 61.5 Å². The minimum atomic E-state index is -7.18. The smallest absolute Gasteiger partial charge is 0.246 e. The largest absolute Gasteiger partial charge is 0.460 e. The zero-order chi connectivity index (χ0) is 24.0. The Bertz CT molecular complexity index is 684. The molecule has 0 aromatic carbocycles. The van der Waals surface area contributed by atoms with Gasteiger partial charge in [0.05, 0.1) is 5.92 Å². The third-order valence-corrected chi connectivity index (χ3v) is 4.34. The van der Waals surface area contributed by atoms with Crippen LogP contribution in [0.25, 0.3) is 0 Å². The molecule has 0 aliphatic heterocycles. The summed E-state index contributed by atoms with van der Waals surface area (Å²) in [5.74, 6) is -31.9. The molecular weight excluding hydrogens is 660 g/mol. The van der Waals surface area contributed by atoms with Crippen molar-refractivity contribution in [1.29, 1.82) is 0 Å². The monoisotopic (exact) mass is 671 g/mol. The van der Waals surface area contributed by atoms with Crippen molar-refractivity contribution < 1.29 is 86.9 Å². The van der Waals surface area contributed by atoms with Crippen LogP contribution in [-0.4, -0.2) is 42.7 Å². The van der Waals surface area contributed by atoms with Crippen LogP contribution in [0.4, 0.5) is 65.9 Å². The standard InChI is InChI=1S/C15H11F15.Pt/c16-6-7-4-2-1-3-5-8(10(17,18)12(21,22)14(25,26)27)9(7)11(19,20)13(23,24)15(28,29)30;/h1,3,8H,2,4-6H2;/b3-1-,9-7-;. The molecule has 0 nitrogen and oxygen atoms in total. The fraction of sp³-hybridized carbons (Fsp3) is 0.733. The van der Waals surface area contributed by atoms with Crippen molar-refractivity contribution in [2.24, 2.45) is 5.92 Å². The zero-order valence-corrected chi connectivity index (χ0v) is 16.8. The van der Waals surface area contributed by atoms with E-state index in [2.05, 4.69) is 0 Å². The summed E-state index contributed by atoms with van der Waals surface area (Å²) in [6, 6.07) is 0. The molecule has 0 heterocycles. The van der Waals surface area contributed by atoms with Crippen molar-refractivity contribution in [3.05, 3.63) is 23.3 Å². The Balaban J connectivity index is 0.00000900. The second kappa shape index (κ2) is 9.17. The topological polar surface area (TPSA) is 0 Å². The average molecular weight is 671 g/mol. The van der Waals surface area contributed by atoms with Gasteiger partial charge in [-0.3, -0.25) is 0 Å². The molecule has 0 amide bonds. The number of halogens is 15. The summed E-state index contributed by atoms with van der Waals surface area (Å²) in [7, 11) is 0. The summed E-state index contributed by atoms with van der Waals surface area (Å²) in [6.45, 7) is -2.36. The van der Waals surface area contributed by atoms with Gasteiger partial charge < -0.3 is 0 Å². The Labute approximate surface area is 178 Å². The van der Waals surface area contributed by atoms with E-state index in [0.717, 1.165) is 6.08 Å². The van der Waals surface area contributed by atoms with Gasteiger partial charge in [0.15, 0.2) is 0 Å². The average Bonchev–Trinajstić information content (AvgIpc) is 2.51. The Hall–Kier alpha value is -0.882. The minimum Gasteiger partial charge on any atom is -0.246 e. The molecule has 186 valence electrons. The van der Waals surface area contributed by atoms with E-state index in [1.54, 1.807) is 0 Å². The molecule has 31 heavy (non-hydrogen) atoms. The molecule has 1 rings (SSSR count). The van der Waals surface area contributed by atoms with Crippen LogP contribution in [0, 0.1) is 5.92 Å². The molecule has 0 aromatic heterocycles. The maximum Gasteiger partial charge on any atom is 0.460 e. The molecular formula is C15H11F15Pt. The molecule has 1 atom stereocenters. The second-order valence-electron chi connectivity index (χ2n) is 6.29. The molecule has 0 bridgehead atoms. The van der Waals surface area contributed by atoms with Crippen LogP contribution in [-0.2, 0) is 21.1 Å². The third-order valence-electron chi connectivity index (χ3n) is 4.34. The molecule has 0 saturated carbocycles. The van der Waals surface area contributed by atoms with Crippen molar-refractivity contribution in [2.75, 3.05) is 6.67 Å². The maximum atomic E-state index is 14.2. The predicted octanol–water partition coefficient (Wildman–Crippen LogP) is 7.27. The molecule has 1 aliphatic rings. The van der Waals surface area contributed by atoms with Crippen LogP contribution in [0.5, 0.6) is 0 Å². The Morgan fingerprint density at radius 2 is 1.16 bits per heavy atom. The molecule has 0 N–H and O–H groups in total. The van der Waals surface area contributed by atoms with Gasteiger partial charge in [-0.15, -0.1) is 0 Å². The third kappa shape index (κ3) is 5.05. The van der Waals surface area contributed by atoms with Crippen LogP contribution in [0.15, 0.2) is 23.3 Å². The number of allylic oxidation sites excluding steroid dienone is 4. The van der Waals surface area contributed by atoms with E-state index in [4.69, 9.17) is 0 Å². The van der Waals surface area contributed by atoms with E-state index >= 15 is 0 Å². The van der Waals surface area contributed by atoms with Crippen LogP contribution in [0.1, 0.15) is 19.3 Å². The molecule has 16 heteroatoms. The molecule has 1 unspecified atom stereocenters. The van der Waals surface area contributed by atoms with E-state index in [-0.39, 0.29) is 21.1 Å². The van der Waals surface area contributed by atoms with Gasteiger partial charge in [0.1, 0.15) is 6.67 Å². The minimum absolute atomic E-state index is 0. The predicted molar refractivity (Wildman–Crippen MR) is 71.4 cm³/mol. The first-order valence-corrected chi connectivity index (χ1v) is 7.76. The first kappa shape index (κ1) is 30.1. The first-order chi connectivity index (χ1) is 13.2. The fourth-order valence-electron chi connectivity index (χ4n) is 2.77. The fourth-order valence-corrected chi connectivity index (χ4v) is 2.77. The van der Waals surface area contributed by atoms with E-state index in [9.17, 15) is 65.9 Å². The molecule has 0 aromatic rings. The number of hydrogen-bond acceptors (Lipinski definition) is 0. The summed E-state index contributed by atoms with van der Waals surface area (Å²) in [4.78, 5) is 0. The number of hydrogen-bond donors (Lipinski definition) is 0. The summed E-state index contributed by atoms with van der Waals surface area (Å²) < 4.78 is 198. The quantitative estimate of drug-likeness (QED) is 0.213. The molecule has 0 spiro atoms. The summed E-state index contributed by atoms with van der Waals surface area (Å²) >= 11 is 0. The van der Waals surface area contributed by atoms with Crippen LogP contribution in [0.3, 0.4) is 0 Å². The van der Waals surface area contributed by atoms with Gasteiger partial charge in [-0.25, -0.2) is 4.39 Å². The summed E-state index contributed by atoms with van der Waals surface area (Å²) in [5.41, 5.74) is -4.98. The normalized spacial score (nSPS) is 23.6. The number of rotatable bonds is 5. The molecule has 0 saturated heterocycles. The van der Waals surface area contributed by atoms with E-state index in [1.807, 2.05) is 0 Å².